The molecule has 1 aromatic rings. The molecule has 68 valence electrons. The van der Waals surface area contributed by atoms with E-state index in [4.69, 9.17) is 18.1 Å². The molecular formula is C10H13BO2. The largest absolute Gasteiger partial charge is 0.396 e. The maximum atomic E-state index is 8.86. The van der Waals surface area contributed by atoms with Gasteiger partial charge in [0.15, 0.2) is 0 Å². The number of hydrogen-bond donors (Lipinski definition) is 2. The molecule has 0 aliphatic rings. The molecule has 0 fully saturated rings. The SMILES string of the molecule is [B]c1ccc(CC(CO)CO)cc1. The highest BCUT2D eigenvalue weighted by atomic mass is 16.3. The van der Waals surface area contributed by atoms with Gasteiger partial charge in [0.05, 0.1) is 0 Å². The van der Waals surface area contributed by atoms with E-state index in [0.29, 0.717) is 6.42 Å². The first kappa shape index (κ1) is 10.3. The van der Waals surface area contributed by atoms with Gasteiger partial charge in [-0.3, -0.25) is 0 Å². The van der Waals surface area contributed by atoms with E-state index in [9.17, 15) is 0 Å². The van der Waals surface area contributed by atoms with Crippen molar-refractivity contribution in [1.29, 1.82) is 0 Å². The summed E-state index contributed by atoms with van der Waals surface area (Å²) in [4.78, 5) is 0. The Hall–Kier alpha value is -0.795. The molecule has 0 bridgehead atoms. The van der Waals surface area contributed by atoms with Crippen molar-refractivity contribution in [3.05, 3.63) is 29.8 Å². The van der Waals surface area contributed by atoms with E-state index in [1.165, 1.54) is 0 Å². The Morgan fingerprint density at radius 1 is 1.08 bits per heavy atom. The van der Waals surface area contributed by atoms with Crippen LogP contribution in [0.3, 0.4) is 0 Å². The monoisotopic (exact) mass is 176 g/mol. The number of rotatable bonds is 4. The average Bonchev–Trinajstić information content (AvgIpc) is 2.17. The zero-order valence-corrected chi connectivity index (χ0v) is 7.48. The summed E-state index contributed by atoms with van der Waals surface area (Å²) in [5, 5.41) is 17.7. The fourth-order valence-electron chi connectivity index (χ4n) is 1.17. The van der Waals surface area contributed by atoms with Gasteiger partial charge in [-0.1, -0.05) is 29.7 Å². The van der Waals surface area contributed by atoms with Crippen molar-refractivity contribution in [2.75, 3.05) is 13.2 Å². The summed E-state index contributed by atoms with van der Waals surface area (Å²) in [6, 6.07) is 7.46. The van der Waals surface area contributed by atoms with Crippen LogP contribution in [-0.4, -0.2) is 31.3 Å². The molecule has 0 aliphatic heterocycles. The summed E-state index contributed by atoms with van der Waals surface area (Å²) in [7, 11) is 5.52. The van der Waals surface area contributed by atoms with Gasteiger partial charge in [0.25, 0.3) is 0 Å². The molecule has 2 nitrogen and oxygen atoms in total. The highest BCUT2D eigenvalue weighted by Crippen LogP contribution is 2.06. The van der Waals surface area contributed by atoms with Crippen LogP contribution in [0.15, 0.2) is 24.3 Å². The fourth-order valence-corrected chi connectivity index (χ4v) is 1.17. The Kier molecular flexibility index (Phi) is 3.99. The van der Waals surface area contributed by atoms with Gasteiger partial charge in [0.1, 0.15) is 7.85 Å². The van der Waals surface area contributed by atoms with E-state index in [-0.39, 0.29) is 19.1 Å². The minimum atomic E-state index is -0.0661. The molecule has 1 aromatic carbocycles. The number of hydrogen-bond acceptors (Lipinski definition) is 2. The van der Waals surface area contributed by atoms with Gasteiger partial charge in [-0.25, -0.2) is 0 Å². The van der Waals surface area contributed by atoms with Crippen molar-refractivity contribution >= 4 is 13.3 Å². The molecule has 2 radical (unpaired) electrons. The van der Waals surface area contributed by atoms with Gasteiger partial charge >= 0.3 is 0 Å². The zero-order valence-electron chi connectivity index (χ0n) is 7.48. The van der Waals surface area contributed by atoms with E-state index in [1.807, 2.05) is 24.3 Å². The Bertz CT molecular complexity index is 242. The molecule has 0 heterocycles. The van der Waals surface area contributed by atoms with E-state index in [0.717, 1.165) is 11.0 Å². The minimum absolute atomic E-state index is 0.0148. The van der Waals surface area contributed by atoms with Crippen LogP contribution in [0.1, 0.15) is 5.56 Å². The normalized spacial score (nSPS) is 10.7. The Labute approximate surface area is 79.6 Å². The van der Waals surface area contributed by atoms with Gasteiger partial charge < -0.3 is 10.2 Å². The van der Waals surface area contributed by atoms with Crippen LogP contribution in [-0.2, 0) is 6.42 Å². The summed E-state index contributed by atoms with van der Waals surface area (Å²) < 4.78 is 0. The molecular weight excluding hydrogens is 163 g/mol. The summed E-state index contributed by atoms with van der Waals surface area (Å²) in [6.45, 7) is 0.0295. The smallest absolute Gasteiger partial charge is 0.113 e. The predicted molar refractivity (Wildman–Crippen MR) is 53.2 cm³/mol. The number of aliphatic hydroxyl groups is 2. The lowest BCUT2D eigenvalue weighted by molar-refractivity contribution is 0.150. The fraction of sp³-hybridized carbons (Fsp3) is 0.400. The van der Waals surface area contributed by atoms with Crippen molar-refractivity contribution in [3.63, 3.8) is 0 Å². The topological polar surface area (TPSA) is 40.5 Å². The van der Waals surface area contributed by atoms with Crippen molar-refractivity contribution in [3.8, 4) is 0 Å². The van der Waals surface area contributed by atoms with Crippen LogP contribution < -0.4 is 5.46 Å². The second-order valence-corrected chi connectivity index (χ2v) is 3.18. The van der Waals surface area contributed by atoms with Gasteiger partial charge in [-0.05, 0) is 12.0 Å². The lowest BCUT2D eigenvalue weighted by Gasteiger charge is -2.10. The summed E-state index contributed by atoms with van der Waals surface area (Å²) >= 11 is 0. The molecule has 0 aromatic heterocycles. The van der Waals surface area contributed by atoms with Crippen LogP contribution in [0.5, 0.6) is 0 Å². The van der Waals surface area contributed by atoms with Gasteiger partial charge in [-0.15, -0.1) is 0 Å². The van der Waals surface area contributed by atoms with E-state index < -0.39 is 0 Å². The van der Waals surface area contributed by atoms with Gasteiger partial charge in [-0.2, -0.15) is 0 Å². The predicted octanol–water partition coefficient (Wildman–Crippen LogP) is -0.376. The zero-order chi connectivity index (χ0) is 9.68. The van der Waals surface area contributed by atoms with Crippen molar-refractivity contribution in [1.82, 2.24) is 0 Å². The standard InChI is InChI=1S/C10H13BO2/c11-10-3-1-8(2-4-10)5-9(6-12)7-13/h1-4,9,12-13H,5-7H2. The molecule has 0 amide bonds. The highest BCUT2D eigenvalue weighted by Gasteiger charge is 2.06. The molecule has 0 unspecified atom stereocenters. The van der Waals surface area contributed by atoms with Crippen LogP contribution in [0.2, 0.25) is 0 Å². The molecule has 13 heavy (non-hydrogen) atoms. The Balaban J connectivity index is 2.58. The van der Waals surface area contributed by atoms with Crippen molar-refractivity contribution in [2.45, 2.75) is 6.42 Å². The van der Waals surface area contributed by atoms with Crippen molar-refractivity contribution < 1.29 is 10.2 Å². The first-order valence-corrected chi connectivity index (χ1v) is 4.32. The lowest BCUT2D eigenvalue weighted by Crippen LogP contribution is -2.14. The van der Waals surface area contributed by atoms with Crippen LogP contribution in [0.25, 0.3) is 0 Å². The molecule has 0 spiro atoms. The lowest BCUT2D eigenvalue weighted by atomic mass is 9.93. The molecule has 0 atom stereocenters. The summed E-state index contributed by atoms with van der Waals surface area (Å²) in [6.07, 6.45) is 0.688. The quantitative estimate of drug-likeness (QED) is 0.614. The maximum absolute atomic E-state index is 8.86. The number of aliphatic hydroxyl groups excluding tert-OH is 2. The molecule has 3 heteroatoms. The Morgan fingerprint density at radius 2 is 1.62 bits per heavy atom. The molecule has 1 rings (SSSR count). The van der Waals surface area contributed by atoms with E-state index in [1.54, 1.807) is 0 Å². The minimum Gasteiger partial charge on any atom is -0.396 e. The molecule has 0 aliphatic carbocycles. The van der Waals surface area contributed by atoms with Gasteiger partial charge in [0.2, 0.25) is 0 Å². The van der Waals surface area contributed by atoms with Crippen LogP contribution in [0.4, 0.5) is 0 Å². The van der Waals surface area contributed by atoms with Crippen LogP contribution >= 0.6 is 0 Å². The Morgan fingerprint density at radius 3 is 2.08 bits per heavy atom. The second-order valence-electron chi connectivity index (χ2n) is 3.18. The molecule has 0 saturated carbocycles. The number of benzene rings is 1. The first-order valence-electron chi connectivity index (χ1n) is 4.32. The third-order valence-corrected chi connectivity index (χ3v) is 2.02. The third kappa shape index (κ3) is 3.21. The summed E-state index contributed by atoms with van der Waals surface area (Å²) in [5.41, 5.74) is 1.82. The molecule has 0 saturated heterocycles. The average molecular weight is 176 g/mol. The van der Waals surface area contributed by atoms with E-state index >= 15 is 0 Å². The van der Waals surface area contributed by atoms with Gasteiger partial charge in [0, 0.05) is 19.1 Å². The third-order valence-electron chi connectivity index (χ3n) is 2.02. The maximum Gasteiger partial charge on any atom is 0.113 e. The summed E-state index contributed by atoms with van der Waals surface area (Å²) in [5.74, 6) is -0.0661. The van der Waals surface area contributed by atoms with E-state index in [2.05, 4.69) is 0 Å². The second kappa shape index (κ2) is 5.05. The first-order chi connectivity index (χ1) is 6.26. The van der Waals surface area contributed by atoms with Crippen molar-refractivity contribution in [2.24, 2.45) is 5.92 Å². The highest BCUT2D eigenvalue weighted by molar-refractivity contribution is 6.32. The molecule has 2 N–H and O–H groups in total. The van der Waals surface area contributed by atoms with Crippen LogP contribution in [0, 0.1) is 5.92 Å².